The zero-order valence-electron chi connectivity index (χ0n) is 11.2. The normalized spacial score (nSPS) is 9.94. The van der Waals surface area contributed by atoms with Crippen molar-refractivity contribution in [2.75, 3.05) is 19.8 Å². The number of phenols is 1. The SMILES string of the molecule is CC#CCOCCOCc1c(C)cc(O)cc1C. The zero-order valence-corrected chi connectivity index (χ0v) is 11.2. The van der Waals surface area contributed by atoms with Crippen LogP contribution in [0.3, 0.4) is 0 Å². The second-order valence-corrected chi connectivity index (χ2v) is 4.09. The molecule has 18 heavy (non-hydrogen) atoms. The molecule has 0 aliphatic carbocycles. The molecule has 3 nitrogen and oxygen atoms in total. The van der Waals surface area contributed by atoms with Crippen LogP contribution in [0.15, 0.2) is 12.1 Å². The average molecular weight is 248 g/mol. The van der Waals surface area contributed by atoms with Crippen molar-refractivity contribution >= 4 is 0 Å². The minimum absolute atomic E-state index is 0.301. The molecule has 1 aromatic carbocycles. The number of aromatic hydroxyl groups is 1. The summed E-state index contributed by atoms with van der Waals surface area (Å²) in [7, 11) is 0. The van der Waals surface area contributed by atoms with Gasteiger partial charge in [-0.05, 0) is 49.6 Å². The fourth-order valence-electron chi connectivity index (χ4n) is 1.69. The Balaban J connectivity index is 2.33. The van der Waals surface area contributed by atoms with Gasteiger partial charge in [0.05, 0.1) is 19.8 Å². The lowest BCUT2D eigenvalue weighted by Gasteiger charge is -2.11. The molecule has 0 amide bonds. The molecule has 1 N–H and O–H groups in total. The van der Waals surface area contributed by atoms with E-state index in [4.69, 9.17) is 9.47 Å². The van der Waals surface area contributed by atoms with Crippen LogP contribution in [-0.2, 0) is 16.1 Å². The third-order valence-electron chi connectivity index (χ3n) is 2.65. The van der Waals surface area contributed by atoms with Gasteiger partial charge < -0.3 is 14.6 Å². The van der Waals surface area contributed by atoms with Crippen LogP contribution < -0.4 is 0 Å². The van der Waals surface area contributed by atoms with Crippen LogP contribution in [0.2, 0.25) is 0 Å². The minimum atomic E-state index is 0.301. The van der Waals surface area contributed by atoms with Crippen molar-refractivity contribution in [2.45, 2.75) is 27.4 Å². The van der Waals surface area contributed by atoms with Crippen molar-refractivity contribution in [1.82, 2.24) is 0 Å². The van der Waals surface area contributed by atoms with Gasteiger partial charge in [-0.2, -0.15) is 0 Å². The number of hydrogen-bond acceptors (Lipinski definition) is 3. The molecule has 0 aliphatic heterocycles. The van der Waals surface area contributed by atoms with E-state index in [0.29, 0.717) is 32.2 Å². The van der Waals surface area contributed by atoms with Crippen LogP contribution in [0.5, 0.6) is 5.75 Å². The second-order valence-electron chi connectivity index (χ2n) is 4.09. The third-order valence-corrected chi connectivity index (χ3v) is 2.65. The summed E-state index contributed by atoms with van der Waals surface area (Å²) in [6.07, 6.45) is 0. The Bertz CT molecular complexity index is 418. The molecule has 1 aromatic rings. The van der Waals surface area contributed by atoms with Gasteiger partial charge in [-0.25, -0.2) is 0 Å². The van der Waals surface area contributed by atoms with Gasteiger partial charge >= 0.3 is 0 Å². The number of benzene rings is 1. The summed E-state index contributed by atoms with van der Waals surface area (Å²) in [5, 5.41) is 9.44. The molecule has 0 aliphatic rings. The van der Waals surface area contributed by atoms with Crippen molar-refractivity contribution in [3.8, 4) is 17.6 Å². The second kappa shape index (κ2) is 7.75. The first-order valence-corrected chi connectivity index (χ1v) is 5.99. The maximum atomic E-state index is 9.44. The van der Waals surface area contributed by atoms with Gasteiger partial charge in [0.2, 0.25) is 0 Å². The predicted molar refractivity (Wildman–Crippen MR) is 71.5 cm³/mol. The topological polar surface area (TPSA) is 38.7 Å². The fourth-order valence-corrected chi connectivity index (χ4v) is 1.69. The smallest absolute Gasteiger partial charge is 0.116 e. The standard InChI is InChI=1S/C15H20O3/c1-4-5-6-17-7-8-18-11-15-12(2)9-14(16)10-13(15)3/h9-10,16H,6-8,11H2,1-3H3. The maximum absolute atomic E-state index is 9.44. The van der Waals surface area contributed by atoms with Crippen molar-refractivity contribution in [3.05, 3.63) is 28.8 Å². The number of aryl methyl sites for hydroxylation is 2. The molecule has 0 aromatic heterocycles. The Morgan fingerprint density at radius 1 is 1.11 bits per heavy atom. The molecule has 0 saturated heterocycles. The zero-order chi connectivity index (χ0) is 13.4. The summed E-state index contributed by atoms with van der Waals surface area (Å²) >= 11 is 0. The van der Waals surface area contributed by atoms with E-state index >= 15 is 0 Å². The van der Waals surface area contributed by atoms with Gasteiger partial charge in [0.15, 0.2) is 0 Å². The monoisotopic (exact) mass is 248 g/mol. The van der Waals surface area contributed by atoms with E-state index in [-0.39, 0.29) is 0 Å². The van der Waals surface area contributed by atoms with E-state index in [1.54, 1.807) is 19.1 Å². The molecule has 98 valence electrons. The van der Waals surface area contributed by atoms with E-state index in [9.17, 15) is 5.11 Å². The van der Waals surface area contributed by atoms with Crippen LogP contribution in [0.25, 0.3) is 0 Å². The predicted octanol–water partition coefficient (Wildman–Crippen LogP) is 2.57. The lowest BCUT2D eigenvalue weighted by molar-refractivity contribution is 0.0516. The van der Waals surface area contributed by atoms with Crippen LogP contribution in [-0.4, -0.2) is 24.9 Å². The molecule has 0 atom stereocenters. The van der Waals surface area contributed by atoms with Crippen LogP contribution >= 0.6 is 0 Å². The molecule has 3 heteroatoms. The highest BCUT2D eigenvalue weighted by molar-refractivity contribution is 5.39. The highest BCUT2D eigenvalue weighted by Gasteiger charge is 2.04. The number of phenolic OH excluding ortho intramolecular Hbond substituents is 1. The van der Waals surface area contributed by atoms with E-state index in [1.807, 2.05) is 13.8 Å². The molecule has 0 bridgehead atoms. The Morgan fingerprint density at radius 3 is 2.33 bits per heavy atom. The van der Waals surface area contributed by atoms with Crippen molar-refractivity contribution in [3.63, 3.8) is 0 Å². The molecule has 0 heterocycles. The van der Waals surface area contributed by atoms with Crippen molar-refractivity contribution in [2.24, 2.45) is 0 Å². The Morgan fingerprint density at radius 2 is 1.72 bits per heavy atom. The molecular formula is C15H20O3. The molecular weight excluding hydrogens is 228 g/mol. The summed E-state index contributed by atoms with van der Waals surface area (Å²) < 4.78 is 10.8. The lowest BCUT2D eigenvalue weighted by atomic mass is 10.0. The highest BCUT2D eigenvalue weighted by atomic mass is 16.5. The van der Waals surface area contributed by atoms with E-state index in [0.717, 1.165) is 16.7 Å². The Labute approximate surface area is 109 Å². The first-order valence-electron chi connectivity index (χ1n) is 5.99. The number of ether oxygens (including phenoxy) is 2. The van der Waals surface area contributed by atoms with Crippen molar-refractivity contribution < 1.29 is 14.6 Å². The Hall–Kier alpha value is -1.50. The lowest BCUT2D eigenvalue weighted by Crippen LogP contribution is -2.06. The highest BCUT2D eigenvalue weighted by Crippen LogP contribution is 2.21. The quantitative estimate of drug-likeness (QED) is 0.621. The summed E-state index contributed by atoms with van der Waals surface area (Å²) in [6.45, 7) is 7.82. The largest absolute Gasteiger partial charge is 0.508 e. The molecule has 0 radical (unpaired) electrons. The van der Waals surface area contributed by atoms with Gasteiger partial charge in [0, 0.05) is 0 Å². The summed E-state index contributed by atoms with van der Waals surface area (Å²) in [5.74, 6) is 5.89. The van der Waals surface area contributed by atoms with Crippen LogP contribution in [0, 0.1) is 25.7 Å². The van der Waals surface area contributed by atoms with Gasteiger partial charge in [0.1, 0.15) is 12.4 Å². The van der Waals surface area contributed by atoms with E-state index in [1.165, 1.54) is 0 Å². The first kappa shape index (κ1) is 14.6. The molecule has 0 fully saturated rings. The molecule has 0 saturated carbocycles. The third kappa shape index (κ3) is 4.79. The Kier molecular flexibility index (Phi) is 6.27. The molecule has 1 rings (SSSR count). The average Bonchev–Trinajstić information content (AvgIpc) is 2.30. The molecule has 0 unspecified atom stereocenters. The first-order chi connectivity index (χ1) is 8.65. The van der Waals surface area contributed by atoms with E-state index < -0.39 is 0 Å². The van der Waals surface area contributed by atoms with Crippen molar-refractivity contribution in [1.29, 1.82) is 0 Å². The number of rotatable bonds is 6. The maximum Gasteiger partial charge on any atom is 0.116 e. The van der Waals surface area contributed by atoms with E-state index in [2.05, 4.69) is 11.8 Å². The van der Waals surface area contributed by atoms with Gasteiger partial charge in [0.25, 0.3) is 0 Å². The fraction of sp³-hybridized carbons (Fsp3) is 0.467. The number of hydrogen-bond donors (Lipinski definition) is 1. The van der Waals surface area contributed by atoms with Gasteiger partial charge in [-0.15, -0.1) is 5.92 Å². The summed E-state index contributed by atoms with van der Waals surface area (Å²) in [5.41, 5.74) is 3.22. The van der Waals surface area contributed by atoms with Gasteiger partial charge in [-0.1, -0.05) is 5.92 Å². The minimum Gasteiger partial charge on any atom is -0.508 e. The van der Waals surface area contributed by atoms with Crippen LogP contribution in [0.4, 0.5) is 0 Å². The molecule has 0 spiro atoms. The van der Waals surface area contributed by atoms with Crippen LogP contribution in [0.1, 0.15) is 23.6 Å². The summed E-state index contributed by atoms with van der Waals surface area (Å²) in [4.78, 5) is 0. The summed E-state index contributed by atoms with van der Waals surface area (Å²) in [6, 6.07) is 3.50. The van der Waals surface area contributed by atoms with Gasteiger partial charge in [-0.3, -0.25) is 0 Å².